The van der Waals surface area contributed by atoms with Crippen LogP contribution < -0.4 is 0 Å². The molecule has 1 aliphatic rings. The molecule has 3 rings (SSSR count). The maximum atomic E-state index is 3.34. The van der Waals surface area contributed by atoms with Crippen LogP contribution in [0.2, 0.25) is 0 Å². The maximum absolute atomic E-state index is 3.34. The highest BCUT2D eigenvalue weighted by Crippen LogP contribution is 2.37. The fraction of sp³-hybridized carbons (Fsp3) is 0.238. The zero-order chi connectivity index (χ0) is 14.5. The van der Waals surface area contributed by atoms with E-state index in [1.165, 1.54) is 29.6 Å². The lowest BCUT2D eigenvalue weighted by molar-refractivity contribution is 0.503. The highest BCUT2D eigenvalue weighted by molar-refractivity contribution is 5.46. The SMILES string of the molecule is CC1=C(C#Cc2ccccc2)CC1CCc1ccccc1. The first-order chi connectivity index (χ1) is 10.3. The van der Waals surface area contributed by atoms with Gasteiger partial charge in [-0.2, -0.15) is 0 Å². The van der Waals surface area contributed by atoms with Crippen LogP contribution in [0.5, 0.6) is 0 Å². The normalized spacial score (nSPS) is 16.9. The van der Waals surface area contributed by atoms with E-state index in [1.807, 2.05) is 18.2 Å². The van der Waals surface area contributed by atoms with Crippen molar-refractivity contribution >= 4 is 0 Å². The first kappa shape index (κ1) is 13.7. The largest absolute Gasteiger partial charge is 0.0661 e. The van der Waals surface area contributed by atoms with E-state index >= 15 is 0 Å². The molecule has 0 saturated heterocycles. The lowest BCUT2D eigenvalue weighted by atomic mass is 9.75. The number of allylic oxidation sites excluding steroid dienone is 2. The van der Waals surface area contributed by atoms with Crippen molar-refractivity contribution in [3.8, 4) is 11.8 Å². The predicted octanol–water partition coefficient (Wildman–Crippen LogP) is 5.01. The van der Waals surface area contributed by atoms with E-state index in [2.05, 4.69) is 61.2 Å². The molecule has 2 aromatic carbocycles. The number of hydrogen-bond acceptors (Lipinski definition) is 0. The number of benzene rings is 2. The quantitative estimate of drug-likeness (QED) is 0.689. The summed E-state index contributed by atoms with van der Waals surface area (Å²) in [6.07, 6.45) is 3.56. The Morgan fingerprint density at radius 2 is 1.57 bits per heavy atom. The molecule has 0 nitrogen and oxygen atoms in total. The molecule has 0 aromatic heterocycles. The Morgan fingerprint density at radius 3 is 2.24 bits per heavy atom. The van der Waals surface area contributed by atoms with Crippen molar-refractivity contribution in [1.29, 1.82) is 0 Å². The summed E-state index contributed by atoms with van der Waals surface area (Å²) in [7, 11) is 0. The standard InChI is InChI=1S/C21H20/c1-17-20(14-12-18-8-4-2-5-9-18)16-21(17)15-13-19-10-6-3-7-11-19/h2-11,20H,12,14,16H2,1H3. The third-order valence-corrected chi connectivity index (χ3v) is 4.29. The van der Waals surface area contributed by atoms with E-state index < -0.39 is 0 Å². The van der Waals surface area contributed by atoms with Crippen molar-refractivity contribution in [1.82, 2.24) is 0 Å². The molecule has 21 heavy (non-hydrogen) atoms. The molecule has 0 N–H and O–H groups in total. The summed E-state index contributed by atoms with van der Waals surface area (Å²) in [4.78, 5) is 0. The molecule has 0 saturated carbocycles. The van der Waals surface area contributed by atoms with Crippen molar-refractivity contribution in [2.24, 2.45) is 5.92 Å². The van der Waals surface area contributed by atoms with Gasteiger partial charge < -0.3 is 0 Å². The number of rotatable bonds is 3. The average Bonchev–Trinajstić information content (AvgIpc) is 2.55. The monoisotopic (exact) mass is 272 g/mol. The number of aryl methyl sites for hydroxylation is 1. The molecule has 1 unspecified atom stereocenters. The van der Waals surface area contributed by atoms with Crippen LogP contribution in [-0.2, 0) is 6.42 Å². The van der Waals surface area contributed by atoms with Gasteiger partial charge in [0.2, 0.25) is 0 Å². The molecular weight excluding hydrogens is 252 g/mol. The predicted molar refractivity (Wildman–Crippen MR) is 88.9 cm³/mol. The van der Waals surface area contributed by atoms with Crippen LogP contribution >= 0.6 is 0 Å². The molecule has 0 bridgehead atoms. The molecule has 2 aromatic rings. The highest BCUT2D eigenvalue weighted by Gasteiger charge is 2.24. The van der Waals surface area contributed by atoms with Gasteiger partial charge in [-0.25, -0.2) is 0 Å². The van der Waals surface area contributed by atoms with Crippen LogP contribution in [0.3, 0.4) is 0 Å². The summed E-state index contributed by atoms with van der Waals surface area (Å²) in [5, 5.41) is 0. The lowest BCUT2D eigenvalue weighted by Gasteiger charge is -2.29. The molecule has 0 fully saturated rings. The lowest BCUT2D eigenvalue weighted by Crippen LogP contribution is -2.16. The van der Waals surface area contributed by atoms with Gasteiger partial charge in [-0.1, -0.05) is 65.9 Å². The zero-order valence-corrected chi connectivity index (χ0v) is 12.5. The van der Waals surface area contributed by atoms with Crippen molar-refractivity contribution in [3.05, 3.63) is 82.9 Å². The molecule has 0 amide bonds. The Kier molecular flexibility index (Phi) is 4.22. The van der Waals surface area contributed by atoms with Crippen LogP contribution in [0, 0.1) is 17.8 Å². The first-order valence-electron chi connectivity index (χ1n) is 7.63. The van der Waals surface area contributed by atoms with Gasteiger partial charge in [0.1, 0.15) is 0 Å². The molecule has 1 aliphatic carbocycles. The van der Waals surface area contributed by atoms with E-state index in [0.717, 1.165) is 17.9 Å². The van der Waals surface area contributed by atoms with Gasteiger partial charge in [-0.05, 0) is 49.8 Å². The van der Waals surface area contributed by atoms with Gasteiger partial charge in [0.25, 0.3) is 0 Å². The fourth-order valence-electron chi connectivity index (χ4n) is 2.80. The summed E-state index contributed by atoms with van der Waals surface area (Å²) >= 11 is 0. The fourth-order valence-corrected chi connectivity index (χ4v) is 2.80. The molecule has 0 radical (unpaired) electrons. The second kappa shape index (κ2) is 6.46. The van der Waals surface area contributed by atoms with Crippen molar-refractivity contribution in [3.63, 3.8) is 0 Å². The van der Waals surface area contributed by atoms with Gasteiger partial charge in [-0.3, -0.25) is 0 Å². The first-order valence-corrected chi connectivity index (χ1v) is 7.63. The Bertz CT molecular complexity index is 681. The molecule has 0 heteroatoms. The third kappa shape index (κ3) is 3.44. The van der Waals surface area contributed by atoms with Gasteiger partial charge in [0, 0.05) is 11.1 Å². The van der Waals surface area contributed by atoms with Gasteiger partial charge >= 0.3 is 0 Å². The Balaban J connectivity index is 1.58. The second-order valence-electron chi connectivity index (χ2n) is 5.70. The molecule has 0 aliphatic heterocycles. The summed E-state index contributed by atoms with van der Waals surface area (Å²) in [6, 6.07) is 21.0. The summed E-state index contributed by atoms with van der Waals surface area (Å²) in [5.41, 5.74) is 5.38. The van der Waals surface area contributed by atoms with E-state index in [4.69, 9.17) is 0 Å². The van der Waals surface area contributed by atoms with Crippen LogP contribution in [-0.4, -0.2) is 0 Å². The zero-order valence-electron chi connectivity index (χ0n) is 12.5. The van der Waals surface area contributed by atoms with Crippen LogP contribution in [0.25, 0.3) is 0 Å². The second-order valence-corrected chi connectivity index (χ2v) is 5.70. The van der Waals surface area contributed by atoms with Gasteiger partial charge in [-0.15, -0.1) is 0 Å². The molecule has 1 atom stereocenters. The van der Waals surface area contributed by atoms with Crippen molar-refractivity contribution < 1.29 is 0 Å². The maximum Gasteiger partial charge on any atom is 0.0248 e. The van der Waals surface area contributed by atoms with Gasteiger partial charge in [0.05, 0.1) is 0 Å². The molecular formula is C21H20. The minimum absolute atomic E-state index is 0.727. The van der Waals surface area contributed by atoms with E-state index in [1.54, 1.807) is 0 Å². The van der Waals surface area contributed by atoms with E-state index in [-0.39, 0.29) is 0 Å². The van der Waals surface area contributed by atoms with Gasteiger partial charge in [0.15, 0.2) is 0 Å². The van der Waals surface area contributed by atoms with Crippen LogP contribution in [0.15, 0.2) is 71.8 Å². The Hall–Kier alpha value is -2.26. The van der Waals surface area contributed by atoms with E-state index in [9.17, 15) is 0 Å². The summed E-state index contributed by atoms with van der Waals surface area (Å²) < 4.78 is 0. The highest BCUT2D eigenvalue weighted by atomic mass is 14.3. The smallest absolute Gasteiger partial charge is 0.0248 e. The molecule has 104 valence electrons. The average molecular weight is 272 g/mol. The molecule has 0 spiro atoms. The topological polar surface area (TPSA) is 0 Å². The van der Waals surface area contributed by atoms with Crippen LogP contribution in [0.4, 0.5) is 0 Å². The van der Waals surface area contributed by atoms with Crippen LogP contribution in [0.1, 0.15) is 30.9 Å². The Labute approximate surface area is 127 Å². The minimum atomic E-state index is 0.727. The Morgan fingerprint density at radius 1 is 0.905 bits per heavy atom. The van der Waals surface area contributed by atoms with E-state index in [0.29, 0.717) is 0 Å². The number of hydrogen-bond donors (Lipinski definition) is 0. The summed E-state index contributed by atoms with van der Waals surface area (Å²) in [6.45, 7) is 2.24. The third-order valence-electron chi connectivity index (χ3n) is 4.29. The molecule has 0 heterocycles. The van der Waals surface area contributed by atoms with Crippen molar-refractivity contribution in [2.45, 2.75) is 26.2 Å². The van der Waals surface area contributed by atoms with Crippen molar-refractivity contribution in [2.75, 3.05) is 0 Å². The minimum Gasteiger partial charge on any atom is -0.0661 e. The summed E-state index contributed by atoms with van der Waals surface area (Å²) in [5.74, 6) is 7.33.